The van der Waals surface area contributed by atoms with Gasteiger partial charge < -0.3 is 9.64 Å². The third kappa shape index (κ3) is 5.83. The van der Waals surface area contributed by atoms with Gasteiger partial charge in [0.15, 0.2) is 0 Å². The van der Waals surface area contributed by atoms with Crippen molar-refractivity contribution in [3.05, 3.63) is 94.2 Å². The number of benzene rings is 2. The van der Waals surface area contributed by atoms with Crippen LogP contribution in [0.4, 0.5) is 0 Å². The molecule has 1 heterocycles. The lowest BCUT2D eigenvalue weighted by Crippen LogP contribution is -2.35. The minimum absolute atomic E-state index is 0.0327. The summed E-state index contributed by atoms with van der Waals surface area (Å²) in [6.45, 7) is 1.89. The van der Waals surface area contributed by atoms with Gasteiger partial charge >= 0.3 is 0 Å². The van der Waals surface area contributed by atoms with Crippen LogP contribution < -0.4 is 0 Å². The van der Waals surface area contributed by atoms with Crippen LogP contribution >= 0.6 is 11.3 Å². The van der Waals surface area contributed by atoms with Gasteiger partial charge in [0.1, 0.15) is 6.61 Å². The van der Waals surface area contributed by atoms with E-state index in [0.717, 1.165) is 12.0 Å². The molecule has 0 aliphatic carbocycles. The molecular formula is C22H23NO2S. The predicted octanol–water partition coefficient (Wildman–Crippen LogP) is 4.54. The molecule has 0 aliphatic rings. The summed E-state index contributed by atoms with van der Waals surface area (Å²) in [5, 5.41) is 2.04. The smallest absolute Gasteiger partial charge is 0.248 e. The maximum absolute atomic E-state index is 12.7. The van der Waals surface area contributed by atoms with Crippen molar-refractivity contribution in [1.29, 1.82) is 0 Å². The first-order valence-electron chi connectivity index (χ1n) is 8.77. The number of hydrogen-bond acceptors (Lipinski definition) is 3. The minimum Gasteiger partial charge on any atom is -0.367 e. The second-order valence-corrected chi connectivity index (χ2v) is 7.14. The summed E-state index contributed by atoms with van der Waals surface area (Å²) < 4.78 is 5.65. The van der Waals surface area contributed by atoms with E-state index in [0.29, 0.717) is 19.7 Å². The van der Waals surface area contributed by atoms with E-state index in [-0.39, 0.29) is 12.5 Å². The van der Waals surface area contributed by atoms with Crippen LogP contribution in [-0.4, -0.2) is 24.0 Å². The highest BCUT2D eigenvalue weighted by Crippen LogP contribution is 2.13. The first-order chi connectivity index (χ1) is 12.8. The molecule has 0 unspecified atom stereocenters. The Bertz CT molecular complexity index is 772. The number of hydrogen-bond donors (Lipinski definition) is 0. The van der Waals surface area contributed by atoms with Crippen molar-refractivity contribution >= 4 is 17.2 Å². The molecule has 0 fully saturated rings. The van der Waals surface area contributed by atoms with Gasteiger partial charge in [0.05, 0.1) is 13.2 Å². The molecule has 2 aromatic carbocycles. The Morgan fingerprint density at radius 2 is 1.58 bits per heavy atom. The molecule has 0 spiro atoms. The molecule has 0 saturated carbocycles. The maximum Gasteiger partial charge on any atom is 0.248 e. The second kappa shape index (κ2) is 9.90. The normalized spacial score (nSPS) is 10.6. The molecule has 26 heavy (non-hydrogen) atoms. The standard InChI is InChI=1S/C22H23NO2S/c24-22(18-25-17-20-10-5-2-6-11-20)23(16-21-12-7-15-26-21)14-13-19-8-3-1-4-9-19/h1-12,15H,13-14,16-18H2. The van der Waals surface area contributed by atoms with Gasteiger partial charge in [-0.1, -0.05) is 66.7 Å². The van der Waals surface area contributed by atoms with Gasteiger partial charge in [-0.3, -0.25) is 4.79 Å². The topological polar surface area (TPSA) is 29.5 Å². The van der Waals surface area contributed by atoms with Crippen molar-refractivity contribution in [2.24, 2.45) is 0 Å². The SMILES string of the molecule is O=C(COCc1ccccc1)N(CCc1ccccc1)Cc1cccs1. The molecule has 134 valence electrons. The molecule has 3 rings (SSSR count). The summed E-state index contributed by atoms with van der Waals surface area (Å²) in [5.74, 6) is 0.0327. The van der Waals surface area contributed by atoms with Crippen LogP contribution in [0.15, 0.2) is 78.2 Å². The number of amides is 1. The first kappa shape index (κ1) is 18.4. The quantitative estimate of drug-likeness (QED) is 0.557. The van der Waals surface area contributed by atoms with Gasteiger partial charge in [-0.15, -0.1) is 11.3 Å². The van der Waals surface area contributed by atoms with Crippen molar-refractivity contribution in [3.63, 3.8) is 0 Å². The van der Waals surface area contributed by atoms with Gasteiger partial charge in [-0.2, -0.15) is 0 Å². The number of ether oxygens (including phenoxy) is 1. The molecular weight excluding hydrogens is 342 g/mol. The van der Waals surface area contributed by atoms with Crippen LogP contribution in [0.3, 0.4) is 0 Å². The molecule has 1 aromatic heterocycles. The third-order valence-electron chi connectivity index (χ3n) is 4.13. The average molecular weight is 365 g/mol. The molecule has 0 radical (unpaired) electrons. The van der Waals surface area contributed by atoms with E-state index >= 15 is 0 Å². The maximum atomic E-state index is 12.7. The van der Waals surface area contributed by atoms with Crippen molar-refractivity contribution in [3.8, 4) is 0 Å². The zero-order chi connectivity index (χ0) is 18.0. The van der Waals surface area contributed by atoms with Gasteiger partial charge in [0.25, 0.3) is 0 Å². The molecule has 3 nitrogen and oxygen atoms in total. The lowest BCUT2D eigenvalue weighted by Gasteiger charge is -2.22. The number of rotatable bonds is 9. The summed E-state index contributed by atoms with van der Waals surface area (Å²) in [6.07, 6.45) is 0.844. The number of carbonyl (C=O) groups excluding carboxylic acids is 1. The molecule has 1 amide bonds. The summed E-state index contributed by atoms with van der Waals surface area (Å²) in [6, 6.07) is 24.3. The average Bonchev–Trinajstić information content (AvgIpc) is 3.20. The number of carbonyl (C=O) groups is 1. The zero-order valence-electron chi connectivity index (χ0n) is 14.7. The van der Waals surface area contributed by atoms with E-state index < -0.39 is 0 Å². The van der Waals surface area contributed by atoms with Crippen LogP contribution in [0, 0.1) is 0 Å². The summed E-state index contributed by atoms with van der Waals surface area (Å²) in [4.78, 5) is 15.8. The van der Waals surface area contributed by atoms with E-state index in [1.54, 1.807) is 11.3 Å². The largest absolute Gasteiger partial charge is 0.367 e. The molecule has 0 atom stereocenters. The highest BCUT2D eigenvalue weighted by atomic mass is 32.1. The monoisotopic (exact) mass is 365 g/mol. The van der Waals surface area contributed by atoms with Crippen molar-refractivity contribution < 1.29 is 9.53 Å². The predicted molar refractivity (Wildman–Crippen MR) is 106 cm³/mol. The third-order valence-corrected chi connectivity index (χ3v) is 4.99. The van der Waals surface area contributed by atoms with Gasteiger partial charge in [0.2, 0.25) is 5.91 Å². The van der Waals surface area contributed by atoms with E-state index in [9.17, 15) is 4.79 Å². The highest BCUT2D eigenvalue weighted by molar-refractivity contribution is 7.09. The molecule has 0 aliphatic heterocycles. The Labute approximate surface area is 158 Å². The van der Waals surface area contributed by atoms with Crippen molar-refractivity contribution in [2.75, 3.05) is 13.2 Å². The Hall–Kier alpha value is -2.43. The van der Waals surface area contributed by atoms with Gasteiger partial charge in [-0.25, -0.2) is 0 Å². The van der Waals surface area contributed by atoms with Crippen molar-refractivity contribution in [2.45, 2.75) is 19.6 Å². The minimum atomic E-state index is 0.0327. The lowest BCUT2D eigenvalue weighted by molar-refractivity contribution is -0.137. The fourth-order valence-electron chi connectivity index (χ4n) is 2.71. The number of thiophene rings is 1. The molecule has 3 aromatic rings. The van der Waals surface area contributed by atoms with Crippen LogP contribution in [0.25, 0.3) is 0 Å². The Kier molecular flexibility index (Phi) is 6.99. The van der Waals surface area contributed by atoms with E-state index in [4.69, 9.17) is 4.74 Å². The zero-order valence-corrected chi connectivity index (χ0v) is 15.5. The Balaban J connectivity index is 1.55. The van der Waals surface area contributed by atoms with E-state index in [1.165, 1.54) is 10.4 Å². The lowest BCUT2D eigenvalue weighted by atomic mass is 10.1. The summed E-state index contributed by atoms with van der Waals surface area (Å²) in [7, 11) is 0. The second-order valence-electron chi connectivity index (χ2n) is 6.11. The fraction of sp³-hybridized carbons (Fsp3) is 0.227. The fourth-order valence-corrected chi connectivity index (χ4v) is 3.43. The van der Waals surface area contributed by atoms with Crippen LogP contribution in [-0.2, 0) is 29.1 Å². The van der Waals surface area contributed by atoms with E-state index in [1.807, 2.05) is 64.9 Å². The van der Waals surface area contributed by atoms with Crippen molar-refractivity contribution in [1.82, 2.24) is 4.90 Å². The highest BCUT2D eigenvalue weighted by Gasteiger charge is 2.15. The summed E-state index contributed by atoms with van der Waals surface area (Å²) in [5.41, 5.74) is 2.32. The molecule has 4 heteroatoms. The summed E-state index contributed by atoms with van der Waals surface area (Å²) >= 11 is 1.68. The van der Waals surface area contributed by atoms with Crippen LogP contribution in [0.1, 0.15) is 16.0 Å². The van der Waals surface area contributed by atoms with Gasteiger partial charge in [0, 0.05) is 11.4 Å². The molecule has 0 saturated heterocycles. The Morgan fingerprint density at radius 1 is 0.885 bits per heavy atom. The van der Waals surface area contributed by atoms with Crippen LogP contribution in [0.5, 0.6) is 0 Å². The van der Waals surface area contributed by atoms with Crippen LogP contribution in [0.2, 0.25) is 0 Å². The molecule has 0 bridgehead atoms. The van der Waals surface area contributed by atoms with Gasteiger partial charge in [-0.05, 0) is 29.0 Å². The number of nitrogens with zero attached hydrogens (tertiary/aromatic N) is 1. The van der Waals surface area contributed by atoms with E-state index in [2.05, 4.69) is 18.2 Å². The molecule has 0 N–H and O–H groups in total. The Morgan fingerprint density at radius 3 is 2.23 bits per heavy atom. The first-order valence-corrected chi connectivity index (χ1v) is 9.65.